The maximum atomic E-state index is 12.1. The van der Waals surface area contributed by atoms with Gasteiger partial charge in [-0.2, -0.15) is 0 Å². The van der Waals surface area contributed by atoms with Crippen LogP contribution in [0.25, 0.3) is 0 Å². The van der Waals surface area contributed by atoms with Gasteiger partial charge in [0.05, 0.1) is 11.9 Å². The lowest BCUT2D eigenvalue weighted by molar-refractivity contribution is -0.285. The van der Waals surface area contributed by atoms with Gasteiger partial charge < -0.3 is 47.4 Å². The van der Waals surface area contributed by atoms with Crippen molar-refractivity contribution in [1.82, 2.24) is 0 Å². The van der Waals surface area contributed by atoms with Crippen molar-refractivity contribution < 1.29 is 61.8 Å². The molecule has 4 aliphatic rings. The molecule has 40 heavy (non-hydrogen) atoms. The van der Waals surface area contributed by atoms with E-state index in [-0.39, 0.29) is 13.2 Å². The Morgan fingerprint density at radius 2 is 1.32 bits per heavy atom. The molecule has 0 aromatic rings. The van der Waals surface area contributed by atoms with E-state index in [1.54, 1.807) is 13.8 Å². The van der Waals surface area contributed by atoms with Crippen LogP contribution in [0.5, 0.6) is 0 Å². The molecule has 4 fully saturated rings. The molecule has 0 spiro atoms. The van der Waals surface area contributed by atoms with Crippen LogP contribution in [0.3, 0.4) is 0 Å². The van der Waals surface area contributed by atoms with Gasteiger partial charge in [-0.3, -0.25) is 14.4 Å². The van der Waals surface area contributed by atoms with Crippen LogP contribution in [0.1, 0.15) is 55.4 Å². The lowest BCUT2D eigenvalue weighted by Gasteiger charge is -2.45. The first-order valence-corrected chi connectivity index (χ1v) is 14.5. The number of carbonyl (C=O) groups is 3. The van der Waals surface area contributed by atoms with Gasteiger partial charge in [-0.15, -0.1) is 11.8 Å². The van der Waals surface area contributed by atoms with E-state index >= 15 is 0 Å². The molecule has 4 aliphatic heterocycles. The molecule has 14 heteroatoms. The van der Waals surface area contributed by atoms with Crippen LogP contribution in [-0.2, 0) is 61.8 Å². The Morgan fingerprint density at radius 3 is 1.95 bits per heavy atom. The molecule has 228 valence electrons. The standard InChI is InChI=1S/C26H40O13S/c1-9-40-22-20(33-14(4)29)17(32-13(3)28)15(10-30-12(2)27)35-24(22)31-11-16-18-19(37-25(5,6)36-18)21-23(34-16)39-26(7,8)38-21/h15-24H,9-11H2,1-8H3/t15-,16-,17-,18+,19+,20+,21-,22-,23-,24-/m1/s1. The largest absolute Gasteiger partial charge is 0.463 e. The zero-order chi connectivity index (χ0) is 29.4. The third-order valence-electron chi connectivity index (χ3n) is 6.68. The molecular weight excluding hydrogens is 552 g/mol. The molecule has 13 nitrogen and oxygen atoms in total. The Labute approximate surface area is 238 Å². The van der Waals surface area contributed by atoms with Crippen LogP contribution in [0.2, 0.25) is 0 Å². The van der Waals surface area contributed by atoms with Crippen LogP contribution in [-0.4, -0.2) is 109 Å². The minimum Gasteiger partial charge on any atom is -0.463 e. The average molecular weight is 593 g/mol. The number of hydrogen-bond donors (Lipinski definition) is 0. The van der Waals surface area contributed by atoms with Crippen LogP contribution < -0.4 is 0 Å². The minimum atomic E-state index is -1.03. The monoisotopic (exact) mass is 592 g/mol. The second-order valence-electron chi connectivity index (χ2n) is 11.0. The van der Waals surface area contributed by atoms with Crippen LogP contribution >= 0.6 is 11.8 Å². The number of hydrogen-bond acceptors (Lipinski definition) is 14. The van der Waals surface area contributed by atoms with E-state index in [4.69, 9.17) is 47.4 Å². The molecule has 0 N–H and O–H groups in total. The SMILES string of the molecule is CCS[C@H]1[C@H](OC[C@H]2O[C@@H]3OC(C)(C)O[C@@H]3[C@H]3OC(C)(C)O[C@H]32)O[C@H](COC(C)=O)[C@@H](OC(C)=O)[C@@H]1OC(C)=O. The van der Waals surface area contributed by atoms with Crippen molar-refractivity contribution in [3.05, 3.63) is 0 Å². The summed E-state index contributed by atoms with van der Waals surface area (Å²) in [6, 6.07) is 0. The highest BCUT2D eigenvalue weighted by molar-refractivity contribution is 7.99. The molecule has 0 saturated carbocycles. The van der Waals surface area contributed by atoms with Crippen LogP contribution in [0, 0.1) is 0 Å². The van der Waals surface area contributed by atoms with E-state index in [0.29, 0.717) is 5.75 Å². The summed E-state index contributed by atoms with van der Waals surface area (Å²) < 4.78 is 59.5. The third-order valence-corrected chi connectivity index (χ3v) is 7.89. The first-order chi connectivity index (χ1) is 18.7. The second kappa shape index (κ2) is 12.4. The van der Waals surface area contributed by atoms with E-state index in [1.165, 1.54) is 32.5 Å². The topological polar surface area (TPSA) is 144 Å². The first-order valence-electron chi connectivity index (χ1n) is 13.4. The van der Waals surface area contributed by atoms with Crippen LogP contribution in [0.4, 0.5) is 0 Å². The number of carbonyl (C=O) groups excluding carboxylic acids is 3. The van der Waals surface area contributed by atoms with Crippen molar-refractivity contribution >= 4 is 29.7 Å². The van der Waals surface area contributed by atoms with Gasteiger partial charge >= 0.3 is 17.9 Å². The van der Waals surface area contributed by atoms with Gasteiger partial charge in [0, 0.05) is 20.8 Å². The fourth-order valence-corrected chi connectivity index (χ4v) is 6.48. The molecule has 0 amide bonds. The molecular formula is C26H40O13S. The fraction of sp³-hybridized carbons (Fsp3) is 0.885. The predicted octanol–water partition coefficient (Wildman–Crippen LogP) is 1.67. The summed E-state index contributed by atoms with van der Waals surface area (Å²) in [5, 5.41) is -0.582. The highest BCUT2D eigenvalue weighted by Crippen LogP contribution is 2.44. The summed E-state index contributed by atoms with van der Waals surface area (Å²) in [6.45, 7) is 12.7. The molecule has 4 heterocycles. The fourth-order valence-electron chi connectivity index (χ4n) is 5.39. The highest BCUT2D eigenvalue weighted by atomic mass is 32.2. The van der Waals surface area contributed by atoms with Gasteiger partial charge in [-0.1, -0.05) is 6.92 Å². The normalized spacial score (nSPS) is 39.6. The third kappa shape index (κ3) is 7.27. The van der Waals surface area contributed by atoms with E-state index in [2.05, 4.69) is 0 Å². The summed E-state index contributed by atoms with van der Waals surface area (Å²) >= 11 is 1.42. The lowest BCUT2D eigenvalue weighted by Crippen LogP contribution is -2.62. The zero-order valence-electron chi connectivity index (χ0n) is 24.1. The van der Waals surface area contributed by atoms with Crippen molar-refractivity contribution in [3.8, 4) is 0 Å². The average Bonchev–Trinajstić information content (AvgIpc) is 3.32. The Balaban J connectivity index is 1.56. The maximum Gasteiger partial charge on any atom is 0.303 e. The number of thioether (sulfide) groups is 1. The summed E-state index contributed by atoms with van der Waals surface area (Å²) in [4.78, 5) is 35.7. The Morgan fingerprint density at radius 1 is 0.725 bits per heavy atom. The van der Waals surface area contributed by atoms with Gasteiger partial charge in [-0.05, 0) is 33.4 Å². The molecule has 0 radical (unpaired) electrons. The van der Waals surface area contributed by atoms with E-state index < -0.39 is 90.0 Å². The molecule has 0 aliphatic carbocycles. The quantitative estimate of drug-likeness (QED) is 0.283. The van der Waals surface area contributed by atoms with Crippen LogP contribution in [0.15, 0.2) is 0 Å². The highest BCUT2D eigenvalue weighted by Gasteiger charge is 2.61. The smallest absolute Gasteiger partial charge is 0.303 e. The number of esters is 3. The minimum absolute atomic E-state index is 0.00433. The number of ether oxygens (including phenoxy) is 10. The predicted molar refractivity (Wildman–Crippen MR) is 137 cm³/mol. The first kappa shape index (κ1) is 31.4. The Hall–Kier alpha value is -1.52. The maximum absolute atomic E-state index is 12.1. The summed E-state index contributed by atoms with van der Waals surface area (Å²) in [7, 11) is 0. The van der Waals surface area contributed by atoms with Crippen molar-refractivity contribution in [2.45, 2.75) is 128 Å². The summed E-state index contributed by atoms with van der Waals surface area (Å²) in [5.41, 5.74) is 0. The van der Waals surface area contributed by atoms with Gasteiger partial charge in [0.25, 0.3) is 0 Å². The van der Waals surface area contributed by atoms with Gasteiger partial charge in [-0.25, -0.2) is 0 Å². The molecule has 0 aromatic carbocycles. The number of rotatable bonds is 9. The van der Waals surface area contributed by atoms with E-state index in [0.717, 1.165) is 0 Å². The zero-order valence-corrected chi connectivity index (χ0v) is 24.9. The van der Waals surface area contributed by atoms with E-state index in [1.807, 2.05) is 20.8 Å². The summed E-state index contributed by atoms with van der Waals surface area (Å²) in [6.07, 6.45) is -6.67. The molecule has 4 saturated heterocycles. The van der Waals surface area contributed by atoms with Gasteiger partial charge in [0.2, 0.25) is 0 Å². The Bertz CT molecular complexity index is 942. The summed E-state index contributed by atoms with van der Waals surface area (Å²) in [5.74, 6) is -2.84. The van der Waals surface area contributed by atoms with Crippen molar-refractivity contribution in [2.75, 3.05) is 19.0 Å². The Kier molecular flexibility index (Phi) is 9.72. The molecule has 0 bridgehead atoms. The van der Waals surface area contributed by atoms with Crippen molar-refractivity contribution in [1.29, 1.82) is 0 Å². The number of fused-ring (bicyclic) bond motifs is 3. The molecule has 4 rings (SSSR count). The second-order valence-corrected chi connectivity index (χ2v) is 12.4. The molecule has 10 atom stereocenters. The van der Waals surface area contributed by atoms with Gasteiger partial charge in [0.15, 0.2) is 36.4 Å². The van der Waals surface area contributed by atoms with Crippen molar-refractivity contribution in [2.24, 2.45) is 0 Å². The molecule has 0 unspecified atom stereocenters. The van der Waals surface area contributed by atoms with Gasteiger partial charge in [0.1, 0.15) is 37.1 Å². The molecule has 0 aromatic heterocycles. The van der Waals surface area contributed by atoms with Crippen molar-refractivity contribution in [3.63, 3.8) is 0 Å². The lowest BCUT2D eigenvalue weighted by atomic mass is 9.99. The van der Waals surface area contributed by atoms with E-state index in [9.17, 15) is 14.4 Å².